The van der Waals surface area contributed by atoms with E-state index in [0.717, 1.165) is 37.9 Å². The predicted octanol–water partition coefficient (Wildman–Crippen LogP) is 5.91. The topological polar surface area (TPSA) is 98.5 Å². The highest BCUT2D eigenvalue weighted by molar-refractivity contribution is 5.98. The summed E-state index contributed by atoms with van der Waals surface area (Å²) < 4.78 is 5.37. The average molecular weight is 467 g/mol. The van der Waals surface area contributed by atoms with Gasteiger partial charge in [-0.2, -0.15) is 0 Å². The van der Waals surface area contributed by atoms with Crippen LogP contribution >= 0.6 is 0 Å². The van der Waals surface area contributed by atoms with Gasteiger partial charge in [0.05, 0.1) is 0 Å². The first-order chi connectivity index (χ1) is 15.7. The van der Waals surface area contributed by atoms with Crippen molar-refractivity contribution in [1.29, 1.82) is 0 Å². The van der Waals surface area contributed by atoms with Crippen molar-refractivity contribution in [2.24, 2.45) is 11.7 Å². The number of amides is 2. The summed E-state index contributed by atoms with van der Waals surface area (Å²) in [7, 11) is 0. The molecule has 2 rings (SSSR count). The number of ether oxygens (including phenoxy) is 1. The third kappa shape index (κ3) is 20.1. The largest absolute Gasteiger partial charge is 0.492 e. The van der Waals surface area contributed by atoms with Crippen LogP contribution in [-0.2, 0) is 14.4 Å². The minimum atomic E-state index is -0.123. The fourth-order valence-electron chi connectivity index (χ4n) is 2.69. The molecule has 1 saturated heterocycles. The third-order valence-corrected chi connectivity index (χ3v) is 4.46. The normalized spacial score (nSPS) is 13.8. The van der Waals surface area contributed by atoms with Gasteiger partial charge in [0.25, 0.3) is 0 Å². The van der Waals surface area contributed by atoms with E-state index in [1.165, 1.54) is 11.1 Å². The number of hydrogen-bond acceptors (Lipinski definition) is 5. The number of nitrogens with one attached hydrogen (secondary N) is 1. The Morgan fingerprint density at radius 3 is 2.06 bits per heavy atom. The van der Waals surface area contributed by atoms with Gasteiger partial charge >= 0.3 is 0 Å². The lowest BCUT2D eigenvalue weighted by Crippen LogP contribution is -2.40. The lowest BCUT2D eigenvalue weighted by Gasteiger charge is -2.19. The van der Waals surface area contributed by atoms with Gasteiger partial charge in [-0.3, -0.25) is 14.9 Å². The maximum atomic E-state index is 11.1. The zero-order valence-electron chi connectivity index (χ0n) is 22.7. The standard InChI is InChI=1S/C10H15NO.C8H13NO2.C5H10O.2C2H6/c1-8-3-4-10(7-9(8)2)12-6-5-11;1-2-3-6-4-5-7(10)9-8(6)11;1-3-4-5(2)6;2*1-2/h3-4,7H,5-6,11H2,1-2H3;6H,2-5H2,1H3,(H,9,10,11);3-4H2,1-2H3;2*1-2H3. The molecule has 0 aromatic heterocycles. The molecule has 1 aromatic rings. The van der Waals surface area contributed by atoms with Crippen LogP contribution in [0.2, 0.25) is 0 Å². The molecular weight excluding hydrogens is 416 g/mol. The van der Waals surface area contributed by atoms with Crippen LogP contribution in [0.4, 0.5) is 0 Å². The molecule has 1 aliphatic rings. The molecule has 2 amide bonds. The second-order valence-electron chi connectivity index (χ2n) is 7.27. The van der Waals surface area contributed by atoms with Gasteiger partial charge in [0.2, 0.25) is 11.8 Å². The van der Waals surface area contributed by atoms with Crippen LogP contribution in [0.5, 0.6) is 5.75 Å². The van der Waals surface area contributed by atoms with Gasteiger partial charge in [-0.15, -0.1) is 0 Å². The van der Waals surface area contributed by atoms with Gasteiger partial charge in [0.15, 0.2) is 0 Å². The summed E-state index contributed by atoms with van der Waals surface area (Å²) >= 11 is 0. The molecule has 1 aromatic carbocycles. The van der Waals surface area contributed by atoms with E-state index in [4.69, 9.17) is 10.5 Å². The molecule has 6 nitrogen and oxygen atoms in total. The minimum absolute atomic E-state index is 0.0805. The summed E-state index contributed by atoms with van der Waals surface area (Å²) in [5.74, 6) is 1.07. The highest BCUT2D eigenvalue weighted by Crippen LogP contribution is 2.17. The molecule has 0 aliphatic carbocycles. The van der Waals surface area contributed by atoms with Gasteiger partial charge in [-0.05, 0) is 63.3 Å². The number of carbonyl (C=O) groups is 3. The first-order valence-electron chi connectivity index (χ1n) is 12.5. The van der Waals surface area contributed by atoms with E-state index in [1.807, 2.05) is 53.7 Å². The van der Waals surface area contributed by atoms with Crippen molar-refractivity contribution in [3.8, 4) is 5.75 Å². The van der Waals surface area contributed by atoms with Crippen LogP contribution in [0.3, 0.4) is 0 Å². The molecule has 3 N–H and O–H groups in total. The predicted molar refractivity (Wildman–Crippen MR) is 140 cm³/mol. The Hall–Kier alpha value is -2.21. The number of benzene rings is 1. The number of carbonyl (C=O) groups excluding carboxylic acids is 3. The van der Waals surface area contributed by atoms with Crippen molar-refractivity contribution in [1.82, 2.24) is 5.32 Å². The number of hydrogen-bond donors (Lipinski definition) is 2. The van der Waals surface area contributed by atoms with E-state index in [9.17, 15) is 14.4 Å². The molecular formula is C27H50N2O4. The number of imide groups is 1. The summed E-state index contributed by atoms with van der Waals surface area (Å²) in [4.78, 5) is 31.8. The summed E-state index contributed by atoms with van der Waals surface area (Å²) in [6.07, 6.45) is 4.87. The summed E-state index contributed by atoms with van der Waals surface area (Å²) in [6.45, 7) is 19.0. The second-order valence-corrected chi connectivity index (χ2v) is 7.27. The van der Waals surface area contributed by atoms with Gasteiger partial charge in [-0.1, -0.05) is 54.0 Å². The van der Waals surface area contributed by atoms with Crippen molar-refractivity contribution < 1.29 is 19.1 Å². The smallest absolute Gasteiger partial charge is 0.229 e. The van der Waals surface area contributed by atoms with Crippen molar-refractivity contribution in [2.75, 3.05) is 13.2 Å². The molecule has 6 heteroatoms. The van der Waals surface area contributed by atoms with E-state index in [-0.39, 0.29) is 23.5 Å². The van der Waals surface area contributed by atoms with Gasteiger partial charge in [0, 0.05) is 25.3 Å². The summed E-state index contributed by atoms with van der Waals surface area (Å²) in [5.41, 5.74) is 7.86. The molecule has 0 saturated carbocycles. The number of ketones is 1. The van der Waals surface area contributed by atoms with Gasteiger partial charge < -0.3 is 15.3 Å². The lowest BCUT2D eigenvalue weighted by molar-refractivity contribution is -0.136. The van der Waals surface area contributed by atoms with Gasteiger partial charge in [0.1, 0.15) is 18.1 Å². The van der Waals surface area contributed by atoms with Crippen LogP contribution < -0.4 is 15.8 Å². The fraction of sp³-hybridized carbons (Fsp3) is 0.667. The van der Waals surface area contributed by atoms with Crippen LogP contribution in [0, 0.1) is 19.8 Å². The van der Waals surface area contributed by atoms with Crippen LogP contribution in [0.25, 0.3) is 0 Å². The Morgan fingerprint density at radius 2 is 1.67 bits per heavy atom. The Balaban J connectivity index is -0.000000396. The lowest BCUT2D eigenvalue weighted by atomic mass is 9.94. The molecule has 192 valence electrons. The Bertz CT molecular complexity index is 645. The summed E-state index contributed by atoms with van der Waals surface area (Å²) in [5, 5.41) is 2.34. The molecule has 1 unspecified atom stereocenters. The van der Waals surface area contributed by atoms with Crippen molar-refractivity contribution >= 4 is 17.6 Å². The Kier molecular flexibility index (Phi) is 26.2. The quantitative estimate of drug-likeness (QED) is 0.487. The first kappa shape index (κ1) is 35.4. The minimum Gasteiger partial charge on any atom is -0.492 e. The van der Waals surface area contributed by atoms with E-state index < -0.39 is 0 Å². The highest BCUT2D eigenvalue weighted by Gasteiger charge is 2.25. The average Bonchev–Trinajstić information content (AvgIpc) is 2.80. The van der Waals surface area contributed by atoms with Crippen LogP contribution in [0.1, 0.15) is 98.1 Å². The molecule has 0 radical (unpaired) electrons. The molecule has 33 heavy (non-hydrogen) atoms. The molecule has 1 heterocycles. The SMILES string of the molecule is CC.CC.CCCC(C)=O.CCCC1CCC(=O)NC1=O.Cc1ccc(OCCN)cc1C. The monoisotopic (exact) mass is 466 g/mol. The molecule has 1 aliphatic heterocycles. The molecule has 0 spiro atoms. The Labute approximate surface area is 203 Å². The molecule has 1 fully saturated rings. The number of piperidine rings is 1. The maximum absolute atomic E-state index is 11.1. The number of aryl methyl sites for hydroxylation is 2. The van der Waals surface area contributed by atoms with E-state index >= 15 is 0 Å². The molecule has 1 atom stereocenters. The first-order valence-corrected chi connectivity index (χ1v) is 12.5. The zero-order valence-corrected chi connectivity index (χ0v) is 22.7. The second kappa shape index (κ2) is 24.4. The van der Waals surface area contributed by atoms with Crippen LogP contribution in [-0.4, -0.2) is 30.7 Å². The third-order valence-electron chi connectivity index (χ3n) is 4.46. The van der Waals surface area contributed by atoms with Crippen molar-refractivity contribution in [3.05, 3.63) is 29.3 Å². The van der Waals surface area contributed by atoms with Crippen molar-refractivity contribution in [3.63, 3.8) is 0 Å². The van der Waals surface area contributed by atoms with E-state index in [1.54, 1.807) is 6.92 Å². The number of nitrogens with two attached hydrogens (primary N) is 1. The number of Topliss-reactive ketones (excluding diaryl/α,β-unsaturated/α-hetero) is 1. The Morgan fingerprint density at radius 1 is 1.06 bits per heavy atom. The van der Waals surface area contributed by atoms with E-state index in [0.29, 0.717) is 19.6 Å². The number of rotatable bonds is 7. The summed E-state index contributed by atoms with van der Waals surface area (Å²) in [6, 6.07) is 6.06. The highest BCUT2D eigenvalue weighted by atomic mass is 16.5. The maximum Gasteiger partial charge on any atom is 0.229 e. The van der Waals surface area contributed by atoms with Gasteiger partial charge in [-0.25, -0.2) is 0 Å². The fourth-order valence-corrected chi connectivity index (χ4v) is 2.69. The molecule has 0 bridgehead atoms. The van der Waals surface area contributed by atoms with Crippen molar-refractivity contribution in [2.45, 2.75) is 101 Å². The van der Waals surface area contributed by atoms with E-state index in [2.05, 4.69) is 25.2 Å². The van der Waals surface area contributed by atoms with Crippen LogP contribution in [0.15, 0.2) is 18.2 Å². The zero-order chi connectivity index (χ0) is 26.2.